The maximum absolute atomic E-state index is 6.09. The first-order valence-electron chi connectivity index (χ1n) is 6.51. The van der Waals surface area contributed by atoms with Crippen molar-refractivity contribution >= 4 is 5.82 Å². The second-order valence-corrected chi connectivity index (χ2v) is 6.59. The number of nitrogen functional groups attached to an aromatic ring is 1. The highest BCUT2D eigenvalue weighted by Crippen LogP contribution is 2.26. The van der Waals surface area contributed by atoms with Crippen LogP contribution in [0.4, 0.5) is 5.82 Å². The van der Waals surface area contributed by atoms with Gasteiger partial charge >= 0.3 is 0 Å². The average Bonchev–Trinajstić information content (AvgIpc) is 2.41. The molecule has 0 bridgehead atoms. The van der Waals surface area contributed by atoms with E-state index < -0.39 is 0 Å². The van der Waals surface area contributed by atoms with E-state index in [4.69, 9.17) is 5.73 Å². The lowest BCUT2D eigenvalue weighted by molar-refractivity contribution is 0.375. The van der Waals surface area contributed by atoms with Crippen LogP contribution in [0.25, 0.3) is 0 Å². The van der Waals surface area contributed by atoms with Crippen molar-refractivity contribution in [3.63, 3.8) is 0 Å². The summed E-state index contributed by atoms with van der Waals surface area (Å²) in [6.45, 7) is 11.2. The first-order chi connectivity index (χ1) is 7.70. The highest BCUT2D eigenvalue weighted by atomic mass is 15.3. The standard InChI is InChI=1S/C14H27N3/c1-10(2)9-11-12(7-8-14(3,4)5)16-17(6)13(11)15/h10H,7-9,15H2,1-6H3. The van der Waals surface area contributed by atoms with E-state index in [1.54, 1.807) is 0 Å². The molecule has 0 saturated heterocycles. The fourth-order valence-electron chi connectivity index (χ4n) is 1.96. The first-order valence-corrected chi connectivity index (χ1v) is 6.51. The van der Waals surface area contributed by atoms with Gasteiger partial charge in [-0.25, -0.2) is 0 Å². The minimum absolute atomic E-state index is 0.349. The Labute approximate surface area is 105 Å². The van der Waals surface area contributed by atoms with Gasteiger partial charge in [0, 0.05) is 12.6 Å². The number of hydrogen-bond acceptors (Lipinski definition) is 2. The summed E-state index contributed by atoms with van der Waals surface area (Å²) >= 11 is 0. The van der Waals surface area contributed by atoms with Crippen LogP contribution in [0.2, 0.25) is 0 Å². The van der Waals surface area contributed by atoms with Crippen molar-refractivity contribution in [3.05, 3.63) is 11.3 Å². The van der Waals surface area contributed by atoms with Crippen LogP contribution < -0.4 is 5.73 Å². The predicted molar refractivity (Wildman–Crippen MR) is 73.9 cm³/mol. The van der Waals surface area contributed by atoms with Crippen LogP contribution in [-0.4, -0.2) is 9.78 Å². The third-order valence-corrected chi connectivity index (χ3v) is 3.00. The van der Waals surface area contributed by atoms with Gasteiger partial charge in [0.1, 0.15) is 5.82 Å². The van der Waals surface area contributed by atoms with Crippen molar-refractivity contribution in [3.8, 4) is 0 Å². The number of nitrogens with two attached hydrogens (primary N) is 1. The van der Waals surface area contributed by atoms with Crippen molar-refractivity contribution in [2.75, 3.05) is 5.73 Å². The molecular formula is C14H27N3. The summed E-state index contributed by atoms with van der Waals surface area (Å²) < 4.78 is 1.82. The molecule has 3 heteroatoms. The Hall–Kier alpha value is -0.990. The van der Waals surface area contributed by atoms with Gasteiger partial charge in [-0.1, -0.05) is 34.6 Å². The summed E-state index contributed by atoms with van der Waals surface area (Å²) in [5, 5.41) is 4.56. The molecular weight excluding hydrogens is 210 g/mol. The Morgan fingerprint density at radius 2 is 1.88 bits per heavy atom. The van der Waals surface area contributed by atoms with E-state index >= 15 is 0 Å². The smallest absolute Gasteiger partial charge is 0.124 e. The summed E-state index contributed by atoms with van der Waals surface area (Å²) in [7, 11) is 1.93. The molecule has 0 aliphatic rings. The maximum atomic E-state index is 6.09. The van der Waals surface area contributed by atoms with E-state index in [0.717, 1.165) is 25.1 Å². The van der Waals surface area contributed by atoms with Crippen molar-refractivity contribution < 1.29 is 0 Å². The highest BCUT2D eigenvalue weighted by molar-refractivity contribution is 5.43. The molecule has 0 fully saturated rings. The molecule has 1 heterocycles. The molecule has 0 unspecified atom stereocenters. The molecule has 1 aromatic heterocycles. The number of hydrogen-bond donors (Lipinski definition) is 1. The number of rotatable bonds is 4. The van der Waals surface area contributed by atoms with E-state index in [1.165, 1.54) is 11.3 Å². The van der Waals surface area contributed by atoms with Gasteiger partial charge in [-0.2, -0.15) is 5.10 Å². The molecule has 2 N–H and O–H groups in total. The van der Waals surface area contributed by atoms with Crippen molar-refractivity contribution in [1.82, 2.24) is 9.78 Å². The van der Waals surface area contributed by atoms with Crippen LogP contribution in [0.1, 0.15) is 52.3 Å². The predicted octanol–water partition coefficient (Wildman–Crippen LogP) is 3.18. The molecule has 0 spiro atoms. The zero-order valence-corrected chi connectivity index (χ0v) is 12.2. The quantitative estimate of drug-likeness (QED) is 0.874. The normalized spacial score (nSPS) is 12.4. The second kappa shape index (κ2) is 5.11. The molecule has 0 aliphatic heterocycles. The number of nitrogens with zero attached hydrogens (tertiary/aromatic N) is 2. The number of anilines is 1. The Morgan fingerprint density at radius 3 is 2.35 bits per heavy atom. The van der Waals surface area contributed by atoms with Gasteiger partial charge in [-0.15, -0.1) is 0 Å². The van der Waals surface area contributed by atoms with E-state index in [9.17, 15) is 0 Å². The van der Waals surface area contributed by atoms with Crippen LogP contribution in [0.3, 0.4) is 0 Å². The summed E-state index contributed by atoms with van der Waals surface area (Å²) in [6.07, 6.45) is 3.20. The highest BCUT2D eigenvalue weighted by Gasteiger charge is 2.17. The van der Waals surface area contributed by atoms with Crippen LogP contribution in [-0.2, 0) is 19.9 Å². The molecule has 1 aromatic rings. The minimum atomic E-state index is 0.349. The topological polar surface area (TPSA) is 43.8 Å². The molecule has 0 aliphatic carbocycles. The largest absolute Gasteiger partial charge is 0.384 e. The fourth-order valence-corrected chi connectivity index (χ4v) is 1.96. The fraction of sp³-hybridized carbons (Fsp3) is 0.786. The van der Waals surface area contributed by atoms with Gasteiger partial charge in [-0.05, 0) is 30.6 Å². The lowest BCUT2D eigenvalue weighted by Gasteiger charge is -2.17. The van der Waals surface area contributed by atoms with Crippen molar-refractivity contribution in [2.24, 2.45) is 18.4 Å². The lowest BCUT2D eigenvalue weighted by Crippen LogP contribution is -2.08. The van der Waals surface area contributed by atoms with Gasteiger partial charge in [0.15, 0.2) is 0 Å². The zero-order valence-electron chi connectivity index (χ0n) is 12.2. The number of aryl methyl sites for hydroxylation is 2. The Morgan fingerprint density at radius 1 is 1.29 bits per heavy atom. The monoisotopic (exact) mass is 237 g/mol. The van der Waals surface area contributed by atoms with E-state index in [2.05, 4.69) is 39.7 Å². The third kappa shape index (κ3) is 4.06. The van der Waals surface area contributed by atoms with Crippen LogP contribution in [0.15, 0.2) is 0 Å². The van der Waals surface area contributed by atoms with Crippen LogP contribution >= 0.6 is 0 Å². The summed E-state index contributed by atoms with van der Waals surface area (Å²) in [6, 6.07) is 0. The first kappa shape index (κ1) is 14.1. The van der Waals surface area contributed by atoms with Gasteiger partial charge in [0.05, 0.1) is 5.69 Å². The van der Waals surface area contributed by atoms with E-state index in [1.807, 2.05) is 11.7 Å². The Balaban J connectivity index is 2.87. The molecule has 0 atom stereocenters. The lowest BCUT2D eigenvalue weighted by atomic mass is 9.88. The molecule has 0 saturated carbocycles. The zero-order chi connectivity index (χ0) is 13.2. The van der Waals surface area contributed by atoms with Crippen molar-refractivity contribution in [1.29, 1.82) is 0 Å². The van der Waals surface area contributed by atoms with Gasteiger partial charge in [0.25, 0.3) is 0 Å². The molecule has 0 aromatic carbocycles. The Bertz CT molecular complexity index is 370. The second-order valence-electron chi connectivity index (χ2n) is 6.59. The molecule has 3 nitrogen and oxygen atoms in total. The molecule has 98 valence electrons. The van der Waals surface area contributed by atoms with Crippen LogP contribution in [0.5, 0.6) is 0 Å². The van der Waals surface area contributed by atoms with Gasteiger partial charge in [0.2, 0.25) is 0 Å². The van der Waals surface area contributed by atoms with E-state index in [-0.39, 0.29) is 0 Å². The van der Waals surface area contributed by atoms with Crippen molar-refractivity contribution in [2.45, 2.75) is 53.9 Å². The third-order valence-electron chi connectivity index (χ3n) is 3.00. The summed E-state index contributed by atoms with van der Waals surface area (Å²) in [5.74, 6) is 1.46. The van der Waals surface area contributed by atoms with Crippen LogP contribution in [0, 0.1) is 11.3 Å². The number of aromatic nitrogens is 2. The minimum Gasteiger partial charge on any atom is -0.384 e. The molecule has 1 rings (SSSR count). The maximum Gasteiger partial charge on any atom is 0.124 e. The van der Waals surface area contributed by atoms with Gasteiger partial charge in [-0.3, -0.25) is 4.68 Å². The molecule has 0 amide bonds. The summed E-state index contributed by atoms with van der Waals surface area (Å²) in [5.41, 5.74) is 8.88. The molecule has 17 heavy (non-hydrogen) atoms. The van der Waals surface area contributed by atoms with E-state index in [0.29, 0.717) is 11.3 Å². The molecule has 0 radical (unpaired) electrons. The SMILES string of the molecule is CC(C)Cc1c(CCC(C)(C)C)nn(C)c1N. The summed E-state index contributed by atoms with van der Waals surface area (Å²) in [4.78, 5) is 0. The average molecular weight is 237 g/mol. The Kier molecular flexibility index (Phi) is 4.23. The van der Waals surface area contributed by atoms with Gasteiger partial charge < -0.3 is 5.73 Å².